The van der Waals surface area contributed by atoms with Crippen molar-refractivity contribution in [2.75, 3.05) is 31.4 Å². The van der Waals surface area contributed by atoms with E-state index in [1.54, 1.807) is 44.3 Å². The van der Waals surface area contributed by atoms with Crippen molar-refractivity contribution in [3.8, 4) is 11.1 Å². The first-order chi connectivity index (χ1) is 15.9. The second kappa shape index (κ2) is 10.6. The predicted octanol–water partition coefficient (Wildman–Crippen LogP) is 5.83. The van der Waals surface area contributed by atoms with Crippen LogP contribution in [0, 0.1) is 11.2 Å². The first kappa shape index (κ1) is 23.8. The molecule has 1 atom stereocenters. The van der Waals surface area contributed by atoms with Crippen LogP contribution in [0.2, 0.25) is 0 Å². The third-order valence-corrected chi connectivity index (χ3v) is 5.46. The Bertz CT molecular complexity index is 1190. The van der Waals surface area contributed by atoms with Crippen molar-refractivity contribution in [3.63, 3.8) is 0 Å². The number of nitrogens with one attached hydrogen (secondary N) is 2. The number of rotatable bonds is 9. The van der Waals surface area contributed by atoms with Gasteiger partial charge in [-0.3, -0.25) is 0 Å². The van der Waals surface area contributed by atoms with Gasteiger partial charge in [0, 0.05) is 42.8 Å². The number of halogens is 1. The van der Waals surface area contributed by atoms with Crippen molar-refractivity contribution >= 4 is 23.7 Å². The standard InChI is InChI=1S/C27H28FN3O2/c1-18(33-4)8-9-19-6-5-7-23(14-19)31(3)27(32)24-12-10-21(16-25(24)28)20-11-13-26(30-2)22(15-20)17-29/h5-17,27,29-30,32H,1H2,2-4H3/b9-8+,29-17?. The van der Waals surface area contributed by atoms with Crippen molar-refractivity contribution in [2.24, 2.45) is 0 Å². The molecule has 3 aromatic carbocycles. The summed E-state index contributed by atoms with van der Waals surface area (Å²) in [7, 11) is 5.05. The van der Waals surface area contributed by atoms with E-state index in [0.717, 1.165) is 22.5 Å². The molecule has 0 bridgehead atoms. The van der Waals surface area contributed by atoms with Crippen LogP contribution in [-0.2, 0) is 4.74 Å². The molecule has 0 aliphatic carbocycles. The van der Waals surface area contributed by atoms with E-state index >= 15 is 4.39 Å². The molecule has 0 aliphatic rings. The van der Waals surface area contributed by atoms with E-state index in [4.69, 9.17) is 10.1 Å². The van der Waals surface area contributed by atoms with Gasteiger partial charge in [-0.1, -0.05) is 43.0 Å². The second-order valence-electron chi connectivity index (χ2n) is 7.52. The molecule has 5 nitrogen and oxygen atoms in total. The molecule has 0 aliphatic heterocycles. The molecule has 0 amide bonds. The predicted molar refractivity (Wildman–Crippen MR) is 134 cm³/mol. The number of anilines is 2. The quantitative estimate of drug-likeness (QED) is 0.168. The molecule has 0 heterocycles. The molecule has 170 valence electrons. The molecule has 3 rings (SSSR count). The van der Waals surface area contributed by atoms with Gasteiger partial charge in [0.25, 0.3) is 0 Å². The summed E-state index contributed by atoms with van der Waals surface area (Å²) in [6, 6.07) is 17.8. The highest BCUT2D eigenvalue weighted by Gasteiger charge is 2.19. The molecule has 3 N–H and O–H groups in total. The maximum atomic E-state index is 15.0. The average molecular weight is 446 g/mol. The van der Waals surface area contributed by atoms with Crippen LogP contribution in [0.5, 0.6) is 0 Å². The van der Waals surface area contributed by atoms with Gasteiger partial charge in [0.1, 0.15) is 11.6 Å². The van der Waals surface area contributed by atoms with E-state index in [2.05, 4.69) is 11.9 Å². The zero-order valence-electron chi connectivity index (χ0n) is 19.0. The SMILES string of the molecule is C=C(/C=C/c1cccc(N(C)C(O)c2ccc(-c3ccc(NC)c(C=N)c3)cc2F)c1)OC. The van der Waals surface area contributed by atoms with Crippen molar-refractivity contribution in [2.45, 2.75) is 6.23 Å². The number of hydrogen-bond acceptors (Lipinski definition) is 5. The van der Waals surface area contributed by atoms with Crippen LogP contribution in [0.1, 0.15) is 22.9 Å². The lowest BCUT2D eigenvalue weighted by Gasteiger charge is -2.27. The minimum absolute atomic E-state index is 0.175. The zero-order valence-corrected chi connectivity index (χ0v) is 19.0. The third kappa shape index (κ3) is 5.48. The van der Waals surface area contributed by atoms with E-state index in [9.17, 15) is 5.11 Å². The molecule has 0 fully saturated rings. The van der Waals surface area contributed by atoms with Crippen LogP contribution < -0.4 is 10.2 Å². The van der Waals surface area contributed by atoms with Gasteiger partial charge in [0.2, 0.25) is 0 Å². The van der Waals surface area contributed by atoms with E-state index < -0.39 is 12.0 Å². The summed E-state index contributed by atoms with van der Waals surface area (Å²) in [5.74, 6) is 0.0256. The highest BCUT2D eigenvalue weighted by atomic mass is 19.1. The average Bonchev–Trinajstić information content (AvgIpc) is 2.85. The van der Waals surface area contributed by atoms with Crippen LogP contribution in [0.4, 0.5) is 15.8 Å². The fraction of sp³-hybridized carbons (Fsp3) is 0.148. The monoisotopic (exact) mass is 445 g/mol. The van der Waals surface area contributed by atoms with Crippen molar-refractivity contribution in [3.05, 3.63) is 102 Å². The molecule has 0 radical (unpaired) electrons. The Kier molecular flexibility index (Phi) is 7.64. The van der Waals surface area contributed by atoms with Crippen molar-refractivity contribution in [1.29, 1.82) is 5.41 Å². The molecule has 3 aromatic rings. The molecule has 6 heteroatoms. The van der Waals surface area contributed by atoms with E-state index in [1.165, 1.54) is 12.3 Å². The van der Waals surface area contributed by atoms with Gasteiger partial charge in [-0.2, -0.15) is 0 Å². The molecule has 0 aromatic heterocycles. The minimum Gasteiger partial charge on any atom is -0.497 e. The Balaban J connectivity index is 1.85. The van der Waals surface area contributed by atoms with Gasteiger partial charge in [0.05, 0.1) is 7.11 Å². The molecule has 33 heavy (non-hydrogen) atoms. The smallest absolute Gasteiger partial charge is 0.155 e. The van der Waals surface area contributed by atoms with E-state index in [0.29, 0.717) is 16.9 Å². The van der Waals surface area contributed by atoms with Crippen LogP contribution >= 0.6 is 0 Å². The maximum Gasteiger partial charge on any atom is 0.155 e. The highest BCUT2D eigenvalue weighted by Crippen LogP contribution is 2.30. The number of ether oxygens (including phenoxy) is 1. The van der Waals surface area contributed by atoms with Gasteiger partial charge in [0.15, 0.2) is 6.23 Å². The molecule has 1 unspecified atom stereocenters. The van der Waals surface area contributed by atoms with Crippen LogP contribution in [0.25, 0.3) is 17.2 Å². The first-order valence-electron chi connectivity index (χ1n) is 10.4. The lowest BCUT2D eigenvalue weighted by atomic mass is 10.00. The van der Waals surface area contributed by atoms with Crippen molar-refractivity contribution < 1.29 is 14.2 Å². The van der Waals surface area contributed by atoms with Gasteiger partial charge < -0.3 is 25.5 Å². The Morgan fingerprint density at radius 2 is 1.88 bits per heavy atom. The number of hydrogen-bond donors (Lipinski definition) is 3. The summed E-state index contributed by atoms with van der Waals surface area (Å²) < 4.78 is 20.1. The number of allylic oxidation sites excluding steroid dienone is 1. The molecule has 0 spiro atoms. The van der Waals surface area contributed by atoms with E-state index in [-0.39, 0.29) is 5.56 Å². The third-order valence-electron chi connectivity index (χ3n) is 5.46. The van der Waals surface area contributed by atoms with Gasteiger partial charge in [-0.05, 0) is 53.1 Å². The summed E-state index contributed by atoms with van der Waals surface area (Å²) in [5.41, 5.74) is 4.80. The minimum atomic E-state index is -1.17. The Morgan fingerprint density at radius 3 is 2.55 bits per heavy atom. The fourth-order valence-electron chi connectivity index (χ4n) is 3.46. The largest absolute Gasteiger partial charge is 0.497 e. The Morgan fingerprint density at radius 1 is 1.15 bits per heavy atom. The van der Waals surface area contributed by atoms with Crippen LogP contribution in [-0.4, -0.2) is 32.5 Å². The number of nitrogens with zero attached hydrogens (tertiary/aromatic N) is 1. The molecule has 0 saturated carbocycles. The first-order valence-corrected chi connectivity index (χ1v) is 10.4. The van der Waals surface area contributed by atoms with Crippen molar-refractivity contribution in [1.82, 2.24) is 0 Å². The summed E-state index contributed by atoms with van der Waals surface area (Å²) in [4.78, 5) is 1.61. The second-order valence-corrected chi connectivity index (χ2v) is 7.52. The zero-order chi connectivity index (χ0) is 24.0. The molecule has 0 saturated heterocycles. The Labute approximate surface area is 194 Å². The van der Waals surface area contributed by atoms with Crippen LogP contribution in [0.15, 0.2) is 79.1 Å². The van der Waals surface area contributed by atoms with E-state index in [1.807, 2.05) is 48.5 Å². The summed E-state index contributed by atoms with van der Waals surface area (Å²) in [5, 5.41) is 21.5. The lowest BCUT2D eigenvalue weighted by Crippen LogP contribution is -2.24. The normalized spacial score (nSPS) is 11.8. The fourth-order valence-corrected chi connectivity index (χ4v) is 3.46. The molecular weight excluding hydrogens is 417 g/mol. The van der Waals surface area contributed by atoms with Gasteiger partial charge >= 0.3 is 0 Å². The van der Waals surface area contributed by atoms with Gasteiger partial charge in [-0.25, -0.2) is 4.39 Å². The topological polar surface area (TPSA) is 68.6 Å². The highest BCUT2D eigenvalue weighted by molar-refractivity contribution is 5.88. The Hall–Kier alpha value is -3.90. The molecular formula is C27H28FN3O2. The number of methoxy groups -OCH3 is 1. The number of benzene rings is 3. The maximum absolute atomic E-state index is 15.0. The summed E-state index contributed by atoms with van der Waals surface area (Å²) in [6.45, 7) is 3.76. The van der Waals surface area contributed by atoms with Gasteiger partial charge in [-0.15, -0.1) is 0 Å². The summed E-state index contributed by atoms with van der Waals surface area (Å²) >= 11 is 0. The summed E-state index contributed by atoms with van der Waals surface area (Å²) in [6.07, 6.45) is 3.69. The number of aliphatic hydroxyl groups is 1. The number of aliphatic hydroxyl groups excluding tert-OH is 1. The lowest BCUT2D eigenvalue weighted by molar-refractivity contribution is 0.173. The van der Waals surface area contributed by atoms with Crippen LogP contribution in [0.3, 0.4) is 0 Å².